The van der Waals surface area contributed by atoms with Crippen molar-refractivity contribution >= 4 is 15.6 Å². The van der Waals surface area contributed by atoms with Crippen LogP contribution in [-0.4, -0.2) is 47.5 Å². The topological polar surface area (TPSA) is 78.9 Å². The minimum atomic E-state index is -3.07. The second-order valence-corrected chi connectivity index (χ2v) is 6.80. The first-order chi connectivity index (χ1) is 9.84. The van der Waals surface area contributed by atoms with Gasteiger partial charge in [0, 0.05) is 12.7 Å². The van der Waals surface area contributed by atoms with E-state index in [2.05, 4.69) is 0 Å². The van der Waals surface area contributed by atoms with Crippen LogP contribution in [0.25, 0.3) is 0 Å². The molecular formula is C14H20O6S. The maximum atomic E-state index is 12.2. The fraction of sp³-hybridized carbons (Fsp3) is 0.500. The minimum absolute atomic E-state index is 0.0195. The first-order valence-corrected chi connectivity index (χ1v) is 8.40. The molecule has 118 valence electrons. The van der Waals surface area contributed by atoms with Crippen molar-refractivity contribution in [2.45, 2.75) is 12.8 Å². The van der Waals surface area contributed by atoms with Crippen molar-refractivity contribution < 1.29 is 27.4 Å². The molecule has 0 amide bonds. The number of carbonyl (C=O) groups is 1. The van der Waals surface area contributed by atoms with Crippen molar-refractivity contribution in [2.75, 3.05) is 33.3 Å². The van der Waals surface area contributed by atoms with E-state index in [9.17, 15) is 13.2 Å². The monoisotopic (exact) mass is 316 g/mol. The van der Waals surface area contributed by atoms with Gasteiger partial charge < -0.3 is 14.2 Å². The summed E-state index contributed by atoms with van der Waals surface area (Å²) in [5.41, 5.74) is 0.351. The molecule has 21 heavy (non-hydrogen) atoms. The Kier molecular flexibility index (Phi) is 6.02. The van der Waals surface area contributed by atoms with E-state index in [1.807, 2.05) is 0 Å². The van der Waals surface area contributed by atoms with Crippen LogP contribution in [0.2, 0.25) is 0 Å². The van der Waals surface area contributed by atoms with Crippen LogP contribution < -0.4 is 14.2 Å². The molecule has 0 aliphatic rings. The van der Waals surface area contributed by atoms with Gasteiger partial charge in [-0.2, -0.15) is 0 Å². The van der Waals surface area contributed by atoms with Gasteiger partial charge in [0.15, 0.2) is 17.3 Å². The van der Waals surface area contributed by atoms with Crippen LogP contribution >= 0.6 is 0 Å². The predicted octanol–water partition coefficient (Wildman–Crippen LogP) is 1.72. The molecule has 0 fully saturated rings. The molecule has 0 heterocycles. The predicted molar refractivity (Wildman–Crippen MR) is 79.4 cm³/mol. The Hall–Kier alpha value is -1.76. The van der Waals surface area contributed by atoms with E-state index in [1.54, 1.807) is 12.1 Å². The molecule has 0 aromatic heterocycles. The molecule has 0 N–H and O–H groups in total. The summed E-state index contributed by atoms with van der Waals surface area (Å²) in [5.74, 6) is 0.877. The molecule has 1 aromatic rings. The lowest BCUT2D eigenvalue weighted by molar-refractivity contribution is 0.0978. The summed E-state index contributed by atoms with van der Waals surface area (Å²) in [6.45, 7) is 0. The number of hydrogen-bond acceptors (Lipinski definition) is 6. The molecule has 0 aliphatic heterocycles. The number of rotatable bonds is 8. The first kappa shape index (κ1) is 17.3. The number of carbonyl (C=O) groups excluding carboxylic acids is 1. The van der Waals surface area contributed by atoms with Gasteiger partial charge >= 0.3 is 0 Å². The zero-order valence-electron chi connectivity index (χ0n) is 12.6. The number of sulfone groups is 1. The van der Waals surface area contributed by atoms with Crippen molar-refractivity contribution in [3.63, 3.8) is 0 Å². The van der Waals surface area contributed by atoms with Crippen molar-refractivity contribution in [1.29, 1.82) is 0 Å². The highest BCUT2D eigenvalue weighted by Gasteiger charge is 2.20. The van der Waals surface area contributed by atoms with Crippen molar-refractivity contribution in [2.24, 2.45) is 0 Å². The molecule has 1 aromatic carbocycles. The van der Waals surface area contributed by atoms with Gasteiger partial charge in [-0.15, -0.1) is 0 Å². The van der Waals surface area contributed by atoms with Crippen LogP contribution in [0.15, 0.2) is 12.1 Å². The highest BCUT2D eigenvalue weighted by atomic mass is 32.2. The Morgan fingerprint density at radius 2 is 1.67 bits per heavy atom. The minimum Gasteiger partial charge on any atom is -0.493 e. The van der Waals surface area contributed by atoms with Gasteiger partial charge in [0.25, 0.3) is 0 Å². The largest absolute Gasteiger partial charge is 0.493 e. The van der Waals surface area contributed by atoms with Crippen LogP contribution in [0.1, 0.15) is 23.2 Å². The maximum absolute atomic E-state index is 12.2. The maximum Gasteiger partial charge on any atom is 0.204 e. The Bertz CT molecular complexity index is 606. The molecular weight excluding hydrogens is 296 g/mol. The molecule has 0 saturated heterocycles. The van der Waals surface area contributed by atoms with Crippen molar-refractivity contribution in [1.82, 2.24) is 0 Å². The number of methoxy groups -OCH3 is 3. The average molecular weight is 316 g/mol. The van der Waals surface area contributed by atoms with E-state index >= 15 is 0 Å². The number of benzene rings is 1. The number of ether oxygens (including phenoxy) is 3. The highest BCUT2D eigenvalue weighted by Crippen LogP contribution is 2.40. The average Bonchev–Trinajstić information content (AvgIpc) is 2.43. The van der Waals surface area contributed by atoms with Crippen LogP contribution in [0, 0.1) is 0 Å². The highest BCUT2D eigenvalue weighted by molar-refractivity contribution is 7.90. The Balaban J connectivity index is 2.99. The molecule has 7 heteroatoms. The van der Waals surface area contributed by atoms with E-state index < -0.39 is 9.84 Å². The van der Waals surface area contributed by atoms with E-state index in [1.165, 1.54) is 21.3 Å². The van der Waals surface area contributed by atoms with Crippen LogP contribution in [0.4, 0.5) is 0 Å². The third-order valence-electron chi connectivity index (χ3n) is 2.92. The number of Topliss-reactive ketones (excluding diaryl/α,β-unsaturated/α-hetero) is 1. The summed E-state index contributed by atoms with van der Waals surface area (Å²) in [4.78, 5) is 12.2. The van der Waals surface area contributed by atoms with E-state index in [-0.39, 0.29) is 24.4 Å². The SMILES string of the molecule is COc1ccc(C(=O)CCCS(C)(=O)=O)c(OC)c1OC. The van der Waals surface area contributed by atoms with E-state index in [4.69, 9.17) is 14.2 Å². The van der Waals surface area contributed by atoms with Gasteiger partial charge in [0.1, 0.15) is 9.84 Å². The molecule has 0 saturated carbocycles. The Morgan fingerprint density at radius 1 is 1.05 bits per heavy atom. The van der Waals surface area contributed by atoms with Crippen LogP contribution in [0.3, 0.4) is 0 Å². The fourth-order valence-corrected chi connectivity index (χ4v) is 2.62. The molecule has 6 nitrogen and oxygen atoms in total. The molecule has 0 spiro atoms. The van der Waals surface area contributed by atoms with Gasteiger partial charge in [0.05, 0.1) is 32.6 Å². The molecule has 1 rings (SSSR count). The Morgan fingerprint density at radius 3 is 2.14 bits per heavy atom. The second-order valence-electron chi connectivity index (χ2n) is 4.54. The summed E-state index contributed by atoms with van der Waals surface area (Å²) in [6, 6.07) is 3.20. The van der Waals surface area contributed by atoms with E-state index in [0.717, 1.165) is 6.26 Å². The second kappa shape index (κ2) is 7.31. The molecule has 0 aliphatic carbocycles. The van der Waals surface area contributed by atoms with Gasteiger partial charge in [-0.05, 0) is 18.6 Å². The lowest BCUT2D eigenvalue weighted by Gasteiger charge is -2.15. The van der Waals surface area contributed by atoms with Gasteiger partial charge in [-0.1, -0.05) is 0 Å². The zero-order valence-corrected chi connectivity index (χ0v) is 13.5. The third-order valence-corrected chi connectivity index (χ3v) is 3.95. The molecule has 0 atom stereocenters. The number of hydrogen-bond donors (Lipinski definition) is 0. The van der Waals surface area contributed by atoms with Gasteiger partial charge in [0.2, 0.25) is 5.75 Å². The summed E-state index contributed by atoms with van der Waals surface area (Å²) in [7, 11) is 1.31. The lowest BCUT2D eigenvalue weighted by Crippen LogP contribution is -2.08. The normalized spacial score (nSPS) is 11.0. The Labute approximate surface area is 124 Å². The fourth-order valence-electron chi connectivity index (χ4n) is 1.95. The quantitative estimate of drug-likeness (QED) is 0.680. The number of ketones is 1. The zero-order chi connectivity index (χ0) is 16.0. The summed E-state index contributed by atoms with van der Waals surface area (Å²) in [5, 5.41) is 0. The first-order valence-electron chi connectivity index (χ1n) is 6.34. The van der Waals surface area contributed by atoms with E-state index in [0.29, 0.717) is 22.8 Å². The third kappa shape index (κ3) is 4.63. The summed E-state index contributed by atoms with van der Waals surface area (Å²) >= 11 is 0. The van der Waals surface area contributed by atoms with Crippen LogP contribution in [-0.2, 0) is 9.84 Å². The summed E-state index contributed by atoms with van der Waals surface area (Å²) in [6.07, 6.45) is 1.54. The summed E-state index contributed by atoms with van der Waals surface area (Å²) < 4.78 is 37.8. The molecule has 0 unspecified atom stereocenters. The standard InChI is InChI=1S/C14H20O6S/c1-18-12-8-7-10(13(19-2)14(12)20-3)11(15)6-5-9-21(4,16)17/h7-8H,5-6,9H2,1-4H3. The van der Waals surface area contributed by atoms with Crippen molar-refractivity contribution in [3.8, 4) is 17.2 Å². The smallest absolute Gasteiger partial charge is 0.204 e. The lowest BCUT2D eigenvalue weighted by atomic mass is 10.0. The van der Waals surface area contributed by atoms with Gasteiger partial charge in [-0.3, -0.25) is 4.79 Å². The van der Waals surface area contributed by atoms with Gasteiger partial charge in [-0.25, -0.2) is 8.42 Å². The molecule has 0 bridgehead atoms. The van der Waals surface area contributed by atoms with Crippen molar-refractivity contribution in [3.05, 3.63) is 17.7 Å². The van der Waals surface area contributed by atoms with Crippen LogP contribution in [0.5, 0.6) is 17.2 Å². The molecule has 0 radical (unpaired) electrons.